The minimum Gasteiger partial charge on any atom is -0.406 e. The number of Topliss-reactive ketones (excluding diaryl/α,β-unsaturated/α-hetero) is 1. The summed E-state index contributed by atoms with van der Waals surface area (Å²) in [5.41, 5.74) is 0.391. The van der Waals surface area contributed by atoms with Gasteiger partial charge >= 0.3 is 6.36 Å². The van der Waals surface area contributed by atoms with E-state index in [1.807, 2.05) is 0 Å². The first-order valence-corrected chi connectivity index (χ1v) is 8.50. The first-order chi connectivity index (χ1) is 12.7. The van der Waals surface area contributed by atoms with Gasteiger partial charge in [0.05, 0.1) is 29.3 Å². The number of ketones is 1. The summed E-state index contributed by atoms with van der Waals surface area (Å²) >= 11 is 0.966. The summed E-state index contributed by atoms with van der Waals surface area (Å²) in [5, 5.41) is 7.75. The number of amides is 2. The molecule has 2 heterocycles. The summed E-state index contributed by atoms with van der Waals surface area (Å²) in [4.78, 5) is 38.9. The molecule has 0 radical (unpaired) electrons. The highest BCUT2D eigenvalue weighted by Gasteiger charge is 2.31. The summed E-state index contributed by atoms with van der Waals surface area (Å²) in [6, 6.07) is 2.98. The van der Waals surface area contributed by atoms with Crippen LogP contribution in [-0.2, 0) is 14.4 Å². The number of carbonyl (C=O) groups excluding carboxylic acids is 3. The molecule has 27 heavy (non-hydrogen) atoms. The molecule has 3 rings (SSSR count). The van der Waals surface area contributed by atoms with Crippen molar-refractivity contribution in [2.24, 2.45) is 0 Å². The van der Waals surface area contributed by atoms with Crippen LogP contribution in [0.25, 0.3) is 10.2 Å². The van der Waals surface area contributed by atoms with Crippen LogP contribution in [0, 0.1) is 0 Å². The Hall–Kier alpha value is -2.73. The van der Waals surface area contributed by atoms with E-state index in [-0.39, 0.29) is 36.2 Å². The van der Waals surface area contributed by atoms with E-state index in [9.17, 15) is 27.6 Å². The van der Waals surface area contributed by atoms with Gasteiger partial charge in [-0.15, -0.1) is 13.2 Å². The zero-order valence-corrected chi connectivity index (χ0v) is 14.4. The Balaban J connectivity index is 1.56. The molecule has 3 N–H and O–H groups in total. The van der Waals surface area contributed by atoms with Crippen molar-refractivity contribution < 1.29 is 32.3 Å². The van der Waals surface area contributed by atoms with Crippen molar-refractivity contribution in [2.45, 2.75) is 18.8 Å². The lowest BCUT2D eigenvalue weighted by molar-refractivity contribution is -0.274. The van der Waals surface area contributed by atoms with E-state index in [0.29, 0.717) is 10.2 Å². The quantitative estimate of drug-likeness (QED) is 0.693. The Morgan fingerprint density at radius 3 is 2.81 bits per heavy atom. The summed E-state index contributed by atoms with van der Waals surface area (Å²) in [6.45, 7) is -0.209. The SMILES string of the molecule is O=C1CNC(C(=O)NCC(=O)Nc2nc3ccc(OC(F)(F)F)cc3s2)C1. The van der Waals surface area contributed by atoms with Crippen LogP contribution in [0.1, 0.15) is 6.42 Å². The molecule has 1 aliphatic heterocycles. The average molecular weight is 402 g/mol. The molecule has 0 saturated carbocycles. The normalized spacial score (nSPS) is 17.1. The lowest BCUT2D eigenvalue weighted by Crippen LogP contribution is -2.43. The Kier molecular flexibility index (Phi) is 5.28. The number of fused-ring (bicyclic) bond motifs is 1. The third kappa shape index (κ3) is 5.14. The fourth-order valence-corrected chi connectivity index (χ4v) is 3.31. The number of ether oxygens (including phenoxy) is 1. The van der Waals surface area contributed by atoms with Crippen LogP contribution in [0.15, 0.2) is 18.2 Å². The van der Waals surface area contributed by atoms with Gasteiger partial charge in [-0.25, -0.2) is 4.98 Å². The monoisotopic (exact) mass is 402 g/mol. The van der Waals surface area contributed by atoms with E-state index >= 15 is 0 Å². The third-order valence-electron chi connectivity index (χ3n) is 3.56. The number of carbonyl (C=O) groups is 3. The fraction of sp³-hybridized carbons (Fsp3) is 0.333. The van der Waals surface area contributed by atoms with Gasteiger partial charge in [0.25, 0.3) is 0 Å². The molecule has 12 heteroatoms. The smallest absolute Gasteiger partial charge is 0.406 e. The molecule has 1 aromatic heterocycles. The van der Waals surface area contributed by atoms with Crippen LogP contribution >= 0.6 is 11.3 Å². The Bertz CT molecular complexity index is 899. The molecule has 1 aliphatic rings. The minimum atomic E-state index is -4.80. The van der Waals surface area contributed by atoms with Crippen molar-refractivity contribution in [3.63, 3.8) is 0 Å². The molecule has 2 aromatic rings. The van der Waals surface area contributed by atoms with Crippen molar-refractivity contribution in [1.82, 2.24) is 15.6 Å². The largest absolute Gasteiger partial charge is 0.573 e. The molecule has 1 aromatic carbocycles. The van der Waals surface area contributed by atoms with Crippen molar-refractivity contribution in [3.8, 4) is 5.75 Å². The molecule has 0 spiro atoms. The van der Waals surface area contributed by atoms with Gasteiger partial charge in [-0.1, -0.05) is 11.3 Å². The number of halogens is 3. The van der Waals surface area contributed by atoms with E-state index in [1.54, 1.807) is 0 Å². The van der Waals surface area contributed by atoms with Gasteiger partial charge in [0.1, 0.15) is 11.5 Å². The maximum Gasteiger partial charge on any atom is 0.573 e. The standard InChI is InChI=1S/C15H13F3N4O4S/c16-15(17,18)26-8-1-2-9-11(4-8)27-14(21-9)22-12(24)6-20-13(25)10-3-7(23)5-19-10/h1-2,4,10,19H,3,5-6H2,(H,20,25)(H,21,22,24). The predicted molar refractivity (Wildman–Crippen MR) is 89.4 cm³/mol. The summed E-state index contributed by atoms with van der Waals surface area (Å²) in [7, 11) is 0. The van der Waals surface area contributed by atoms with E-state index < -0.39 is 24.2 Å². The van der Waals surface area contributed by atoms with Crippen molar-refractivity contribution in [1.29, 1.82) is 0 Å². The number of hydrogen-bond donors (Lipinski definition) is 3. The highest BCUT2D eigenvalue weighted by Crippen LogP contribution is 2.31. The van der Waals surface area contributed by atoms with Gasteiger partial charge in [-0.05, 0) is 12.1 Å². The minimum absolute atomic E-state index is 0.0770. The number of nitrogens with zero attached hydrogens (tertiary/aromatic N) is 1. The van der Waals surface area contributed by atoms with Crippen molar-refractivity contribution in [3.05, 3.63) is 18.2 Å². The molecule has 0 bridgehead atoms. The average Bonchev–Trinajstić information content (AvgIpc) is 3.16. The summed E-state index contributed by atoms with van der Waals surface area (Å²) in [5.74, 6) is -1.49. The van der Waals surface area contributed by atoms with Gasteiger partial charge in [-0.2, -0.15) is 0 Å². The van der Waals surface area contributed by atoms with E-state index in [1.165, 1.54) is 12.1 Å². The van der Waals surface area contributed by atoms with Crippen LogP contribution < -0.4 is 20.7 Å². The second-order valence-corrected chi connectivity index (χ2v) is 6.67. The molecule has 1 unspecified atom stereocenters. The van der Waals surface area contributed by atoms with Crippen LogP contribution in [0.4, 0.5) is 18.3 Å². The highest BCUT2D eigenvalue weighted by atomic mass is 32.1. The van der Waals surface area contributed by atoms with Gasteiger partial charge in [-0.3, -0.25) is 19.7 Å². The van der Waals surface area contributed by atoms with Crippen LogP contribution in [0.3, 0.4) is 0 Å². The highest BCUT2D eigenvalue weighted by molar-refractivity contribution is 7.22. The lowest BCUT2D eigenvalue weighted by Gasteiger charge is -2.09. The van der Waals surface area contributed by atoms with Crippen molar-refractivity contribution in [2.75, 3.05) is 18.4 Å². The topological polar surface area (TPSA) is 109 Å². The molecule has 2 amide bonds. The second-order valence-electron chi connectivity index (χ2n) is 5.64. The Labute approximate surface area is 154 Å². The summed E-state index contributed by atoms with van der Waals surface area (Å²) in [6.07, 6.45) is -4.72. The van der Waals surface area contributed by atoms with Crippen LogP contribution in [0.2, 0.25) is 0 Å². The van der Waals surface area contributed by atoms with E-state index in [2.05, 4.69) is 25.7 Å². The molecule has 0 aliphatic carbocycles. The number of aromatic nitrogens is 1. The number of thiazole rings is 1. The molecular formula is C15H13F3N4O4S. The van der Waals surface area contributed by atoms with Gasteiger partial charge in [0.15, 0.2) is 5.13 Å². The van der Waals surface area contributed by atoms with Crippen LogP contribution in [-0.4, -0.2) is 48.1 Å². The number of benzene rings is 1. The molecule has 8 nitrogen and oxygen atoms in total. The molecule has 1 atom stereocenters. The number of rotatable bonds is 5. The number of alkyl halides is 3. The lowest BCUT2D eigenvalue weighted by atomic mass is 10.2. The second kappa shape index (κ2) is 7.48. The van der Waals surface area contributed by atoms with E-state index in [0.717, 1.165) is 17.4 Å². The van der Waals surface area contributed by atoms with Crippen molar-refractivity contribution >= 4 is 44.3 Å². The summed E-state index contributed by atoms with van der Waals surface area (Å²) < 4.78 is 41.0. The zero-order chi connectivity index (χ0) is 19.6. The fourth-order valence-electron chi connectivity index (χ4n) is 2.40. The molecular weight excluding hydrogens is 389 g/mol. The van der Waals surface area contributed by atoms with Gasteiger partial charge in [0, 0.05) is 12.5 Å². The number of hydrogen-bond acceptors (Lipinski definition) is 7. The molecule has 144 valence electrons. The third-order valence-corrected chi connectivity index (χ3v) is 4.49. The zero-order valence-electron chi connectivity index (χ0n) is 13.6. The first kappa shape index (κ1) is 19.0. The molecule has 1 fully saturated rings. The molecule has 1 saturated heterocycles. The Morgan fingerprint density at radius 2 is 2.15 bits per heavy atom. The van der Waals surface area contributed by atoms with Crippen LogP contribution in [0.5, 0.6) is 5.75 Å². The maximum atomic E-state index is 12.3. The number of nitrogens with one attached hydrogen (secondary N) is 3. The number of anilines is 1. The van der Waals surface area contributed by atoms with Gasteiger partial charge < -0.3 is 15.4 Å². The predicted octanol–water partition coefficient (Wildman–Crippen LogP) is 1.18. The van der Waals surface area contributed by atoms with E-state index in [4.69, 9.17) is 0 Å². The Morgan fingerprint density at radius 1 is 1.37 bits per heavy atom. The first-order valence-electron chi connectivity index (χ1n) is 7.68. The van der Waals surface area contributed by atoms with Gasteiger partial charge in [0.2, 0.25) is 11.8 Å². The maximum absolute atomic E-state index is 12.3.